The lowest BCUT2D eigenvalue weighted by Gasteiger charge is -2.15. The number of nitrogens with one attached hydrogen (secondary N) is 1. The maximum absolute atomic E-state index is 13.6. The summed E-state index contributed by atoms with van der Waals surface area (Å²) in [6, 6.07) is 20.7. The first-order chi connectivity index (χ1) is 21.7. The van der Waals surface area contributed by atoms with Gasteiger partial charge in [-0.15, -0.1) is 0 Å². The zero-order chi connectivity index (χ0) is 31.7. The molecule has 13 heteroatoms. The number of nitrogens with zero attached hydrogens (tertiary/aromatic N) is 3. The highest BCUT2D eigenvalue weighted by Gasteiger charge is 2.20. The summed E-state index contributed by atoms with van der Waals surface area (Å²) in [7, 11) is 1.41. The minimum absolute atomic E-state index is 0.101. The molecule has 0 aliphatic carbocycles. The number of benzene rings is 4. The molecule has 0 unspecified atom stereocenters. The van der Waals surface area contributed by atoms with Crippen molar-refractivity contribution in [3.05, 3.63) is 115 Å². The third-order valence-electron chi connectivity index (χ3n) is 6.62. The van der Waals surface area contributed by atoms with Gasteiger partial charge in [0.2, 0.25) is 5.82 Å². The molecule has 0 aliphatic rings. The largest absolute Gasteiger partial charge is 0.493 e. The van der Waals surface area contributed by atoms with Crippen molar-refractivity contribution in [1.29, 1.82) is 0 Å². The monoisotopic (exact) mass is 708 g/mol. The summed E-state index contributed by atoms with van der Waals surface area (Å²) in [5.74, 6) is -0.133. The number of carbonyl (C=O) groups excluding carboxylic acids is 1. The molecule has 6 aromatic rings. The number of amides is 1. The Morgan fingerprint density at radius 3 is 2.67 bits per heavy atom. The van der Waals surface area contributed by atoms with Crippen LogP contribution in [0.3, 0.4) is 0 Å². The summed E-state index contributed by atoms with van der Waals surface area (Å²) in [5.41, 5.74) is 1.45. The summed E-state index contributed by atoms with van der Waals surface area (Å²) in [6.45, 7) is -0.405. The van der Waals surface area contributed by atoms with E-state index in [9.17, 15) is 14.0 Å². The molecule has 0 atom stereocenters. The van der Waals surface area contributed by atoms with Gasteiger partial charge in [0.15, 0.2) is 23.9 Å². The Hall–Kier alpha value is -4.71. The molecule has 6 rings (SSSR count). The van der Waals surface area contributed by atoms with Gasteiger partial charge in [0.05, 0.1) is 24.2 Å². The van der Waals surface area contributed by atoms with Gasteiger partial charge in [0, 0.05) is 26.1 Å². The Kier molecular flexibility index (Phi) is 8.57. The normalized spacial score (nSPS) is 11.4. The molecular weight excluding hydrogens is 690 g/mol. The number of carbonyl (C=O) groups is 1. The summed E-state index contributed by atoms with van der Waals surface area (Å²) >= 11 is 16.2. The van der Waals surface area contributed by atoms with Crippen LogP contribution in [-0.4, -0.2) is 35.5 Å². The molecule has 9 nitrogen and oxygen atoms in total. The molecule has 4 aromatic carbocycles. The molecule has 1 amide bonds. The summed E-state index contributed by atoms with van der Waals surface area (Å²) < 4.78 is 31.9. The molecule has 2 aromatic heterocycles. The zero-order valence-electron chi connectivity index (χ0n) is 23.2. The van der Waals surface area contributed by atoms with E-state index in [4.69, 9.17) is 37.1 Å². The molecule has 0 saturated heterocycles. The van der Waals surface area contributed by atoms with Crippen LogP contribution >= 0.6 is 39.1 Å². The first-order valence-corrected chi connectivity index (χ1v) is 14.8. The van der Waals surface area contributed by atoms with Crippen LogP contribution in [0.4, 0.5) is 10.1 Å². The summed E-state index contributed by atoms with van der Waals surface area (Å²) in [5, 5.41) is 8.81. The summed E-state index contributed by atoms with van der Waals surface area (Å²) in [4.78, 5) is 30.8. The maximum Gasteiger partial charge on any atom is 0.282 e. The van der Waals surface area contributed by atoms with E-state index in [2.05, 4.69) is 31.3 Å². The molecular formula is C32H20BrCl2FN4O5. The number of halogens is 4. The number of anilines is 1. The number of para-hydroxylation sites is 1. The second-order valence-electron chi connectivity index (χ2n) is 9.58. The predicted molar refractivity (Wildman–Crippen MR) is 175 cm³/mol. The second-order valence-corrected chi connectivity index (χ2v) is 11.2. The van der Waals surface area contributed by atoms with Crippen molar-refractivity contribution < 1.29 is 23.1 Å². The van der Waals surface area contributed by atoms with Gasteiger partial charge in [0.1, 0.15) is 16.4 Å². The Labute approximate surface area is 272 Å². The Balaban J connectivity index is 1.34. The number of furan rings is 1. The van der Waals surface area contributed by atoms with Crippen LogP contribution in [-0.2, 0) is 4.79 Å². The summed E-state index contributed by atoms with van der Waals surface area (Å²) in [6.07, 6.45) is 1.41. The number of ether oxygens (including phenoxy) is 2. The van der Waals surface area contributed by atoms with Crippen molar-refractivity contribution in [2.45, 2.75) is 0 Å². The van der Waals surface area contributed by atoms with Crippen LogP contribution < -0.4 is 20.3 Å². The minimum atomic E-state index is -0.495. The highest BCUT2D eigenvalue weighted by Crippen LogP contribution is 2.42. The third kappa shape index (κ3) is 6.28. The van der Waals surface area contributed by atoms with Crippen LogP contribution in [0.25, 0.3) is 33.5 Å². The molecule has 226 valence electrons. The fourth-order valence-corrected chi connectivity index (χ4v) is 5.32. The Morgan fingerprint density at radius 1 is 1.11 bits per heavy atom. The lowest BCUT2D eigenvalue weighted by atomic mass is 10.2. The van der Waals surface area contributed by atoms with Gasteiger partial charge in [-0.1, -0.05) is 35.3 Å². The topological polar surface area (TPSA) is 108 Å². The third-order valence-corrected chi connectivity index (χ3v) is 8.29. The van der Waals surface area contributed by atoms with Crippen LogP contribution in [0, 0.1) is 5.82 Å². The highest BCUT2D eigenvalue weighted by molar-refractivity contribution is 9.10. The van der Waals surface area contributed by atoms with Gasteiger partial charge in [-0.05, 0) is 82.7 Å². The van der Waals surface area contributed by atoms with E-state index in [0.29, 0.717) is 43.0 Å². The molecule has 1 N–H and O–H groups in total. The number of hydrogen-bond donors (Lipinski definition) is 1. The molecule has 0 spiro atoms. The van der Waals surface area contributed by atoms with Crippen molar-refractivity contribution in [2.75, 3.05) is 19.0 Å². The van der Waals surface area contributed by atoms with Crippen LogP contribution in [0.2, 0.25) is 10.0 Å². The lowest BCUT2D eigenvalue weighted by Crippen LogP contribution is -2.20. The number of fused-ring (bicyclic) bond motifs is 2. The van der Waals surface area contributed by atoms with Gasteiger partial charge in [-0.25, -0.2) is 9.37 Å². The van der Waals surface area contributed by atoms with Gasteiger partial charge < -0.3 is 19.2 Å². The zero-order valence-corrected chi connectivity index (χ0v) is 26.3. The number of hydrogen-bond acceptors (Lipinski definition) is 7. The van der Waals surface area contributed by atoms with Gasteiger partial charge in [-0.2, -0.15) is 9.78 Å². The van der Waals surface area contributed by atoms with Crippen molar-refractivity contribution in [3.8, 4) is 23.1 Å². The predicted octanol–water partition coefficient (Wildman–Crippen LogP) is 7.93. The molecule has 0 bridgehead atoms. The Bertz CT molecular complexity index is 2180. The first kappa shape index (κ1) is 30.3. The van der Waals surface area contributed by atoms with Crippen molar-refractivity contribution >= 4 is 78.8 Å². The van der Waals surface area contributed by atoms with Crippen molar-refractivity contribution in [1.82, 2.24) is 9.66 Å². The van der Waals surface area contributed by atoms with Gasteiger partial charge >= 0.3 is 0 Å². The van der Waals surface area contributed by atoms with Crippen LogP contribution in [0.5, 0.6) is 11.5 Å². The Morgan fingerprint density at radius 2 is 1.89 bits per heavy atom. The van der Waals surface area contributed by atoms with Crippen molar-refractivity contribution in [3.63, 3.8) is 0 Å². The number of rotatable bonds is 8. The number of methoxy groups -OCH3 is 1. The van der Waals surface area contributed by atoms with E-state index in [-0.39, 0.29) is 22.3 Å². The highest BCUT2D eigenvalue weighted by atomic mass is 79.9. The minimum Gasteiger partial charge on any atom is -0.493 e. The standard InChI is InChI=1S/C32H20BrCl2FN4O5/c1-43-25-14-18(28(33)29(35)30(25)44-16-27(41)38-21-9-7-20(36)8-10-21)15-37-40-31(39-23-5-3-2-4-22(23)32(40)42)26-13-17-12-19(34)6-11-24(17)45-26/h2-15H,16H2,1H3,(H,38,41). The average molecular weight is 710 g/mol. The fourth-order valence-electron chi connectivity index (χ4n) is 4.49. The second kappa shape index (κ2) is 12.7. The van der Waals surface area contributed by atoms with E-state index in [0.717, 1.165) is 10.1 Å². The smallest absolute Gasteiger partial charge is 0.282 e. The number of aromatic nitrogens is 2. The lowest BCUT2D eigenvalue weighted by molar-refractivity contribution is -0.118. The molecule has 2 heterocycles. The SMILES string of the molecule is COc1cc(C=Nn2c(-c3cc4cc(Cl)ccc4o3)nc3ccccc3c2=O)c(Br)c(Cl)c1OCC(=O)Nc1ccc(F)cc1. The van der Waals surface area contributed by atoms with Crippen molar-refractivity contribution in [2.24, 2.45) is 5.10 Å². The van der Waals surface area contributed by atoms with Crippen LogP contribution in [0.15, 0.2) is 97.6 Å². The van der Waals surface area contributed by atoms with E-state index in [1.807, 2.05) is 0 Å². The van der Waals surface area contributed by atoms with Gasteiger partial charge in [-0.3, -0.25) is 9.59 Å². The van der Waals surface area contributed by atoms with E-state index < -0.39 is 23.9 Å². The van der Waals surface area contributed by atoms with Gasteiger partial charge in [0.25, 0.3) is 11.5 Å². The average Bonchev–Trinajstić information content (AvgIpc) is 3.46. The van der Waals surface area contributed by atoms with Crippen LogP contribution in [0.1, 0.15) is 5.56 Å². The fraction of sp³-hybridized carbons (Fsp3) is 0.0625. The molecule has 45 heavy (non-hydrogen) atoms. The maximum atomic E-state index is 13.6. The van der Waals surface area contributed by atoms with E-state index in [1.165, 1.54) is 37.6 Å². The van der Waals surface area contributed by atoms with E-state index >= 15 is 0 Å². The first-order valence-electron chi connectivity index (χ1n) is 13.2. The molecule has 0 radical (unpaired) electrons. The molecule has 0 aliphatic heterocycles. The molecule has 0 fully saturated rings. The molecule has 0 saturated carbocycles. The van der Waals surface area contributed by atoms with E-state index in [1.54, 1.807) is 54.6 Å². The quantitative estimate of drug-likeness (QED) is 0.161.